The number of hydrogen-bond donors (Lipinski definition) is 1. The summed E-state index contributed by atoms with van der Waals surface area (Å²) in [5.41, 5.74) is 1.87. The summed E-state index contributed by atoms with van der Waals surface area (Å²) in [6.45, 7) is 2.67. The molecule has 1 amide bonds. The van der Waals surface area contributed by atoms with E-state index in [9.17, 15) is 9.59 Å². The number of amides is 1. The van der Waals surface area contributed by atoms with Gasteiger partial charge in [-0.1, -0.05) is 12.1 Å². The van der Waals surface area contributed by atoms with Crippen molar-refractivity contribution >= 4 is 38.9 Å². The Balaban J connectivity index is 1.33. The summed E-state index contributed by atoms with van der Waals surface area (Å²) in [6.07, 6.45) is 2.01. The average molecular weight is 423 g/mol. The van der Waals surface area contributed by atoms with Gasteiger partial charge in [0.2, 0.25) is 12.7 Å². The van der Waals surface area contributed by atoms with Crippen LogP contribution in [0.1, 0.15) is 41.2 Å². The molecule has 154 valence electrons. The van der Waals surface area contributed by atoms with Gasteiger partial charge in [0.15, 0.2) is 17.3 Å². The Labute approximate surface area is 177 Å². The molecule has 1 fully saturated rings. The van der Waals surface area contributed by atoms with Crippen molar-refractivity contribution in [3.63, 3.8) is 0 Å². The number of nitrogens with one attached hydrogen (secondary N) is 1. The lowest BCUT2D eigenvalue weighted by Gasteiger charge is -2.22. The number of likely N-dealkylation sites (tertiary alicyclic amines) is 1. The lowest BCUT2D eigenvalue weighted by Crippen LogP contribution is -2.33. The van der Waals surface area contributed by atoms with Crippen LogP contribution in [0.4, 0.5) is 5.69 Å². The molecule has 2 aliphatic heterocycles. The third-order valence-electron chi connectivity index (χ3n) is 5.47. The third-order valence-corrected chi connectivity index (χ3v) is 6.61. The van der Waals surface area contributed by atoms with Crippen LogP contribution in [0, 0.1) is 0 Å². The normalized spacial score (nSPS) is 18.1. The van der Waals surface area contributed by atoms with E-state index < -0.39 is 0 Å². The van der Waals surface area contributed by atoms with Gasteiger partial charge in [0.05, 0.1) is 28.5 Å². The zero-order valence-electron chi connectivity index (χ0n) is 16.5. The summed E-state index contributed by atoms with van der Waals surface area (Å²) in [6, 6.07) is 11.5. The minimum atomic E-state index is -0.163. The van der Waals surface area contributed by atoms with E-state index >= 15 is 0 Å². The maximum absolute atomic E-state index is 12.8. The molecule has 0 spiro atoms. The first kappa shape index (κ1) is 19.0. The number of ketones is 1. The van der Waals surface area contributed by atoms with Gasteiger partial charge in [-0.05, 0) is 44.5 Å². The fourth-order valence-corrected chi connectivity index (χ4v) is 5.18. The summed E-state index contributed by atoms with van der Waals surface area (Å²) < 4.78 is 11.9. The molecule has 2 aromatic carbocycles. The summed E-state index contributed by atoms with van der Waals surface area (Å²) in [4.78, 5) is 31.8. The van der Waals surface area contributed by atoms with Crippen molar-refractivity contribution in [2.24, 2.45) is 0 Å². The van der Waals surface area contributed by atoms with Crippen molar-refractivity contribution in [3.05, 3.63) is 47.0 Å². The zero-order valence-corrected chi connectivity index (χ0v) is 17.3. The van der Waals surface area contributed by atoms with Crippen LogP contribution in [-0.4, -0.2) is 41.5 Å². The topological polar surface area (TPSA) is 80.8 Å². The highest BCUT2D eigenvalue weighted by Gasteiger charge is 2.30. The van der Waals surface area contributed by atoms with E-state index in [-0.39, 0.29) is 31.1 Å². The Morgan fingerprint density at radius 2 is 2.03 bits per heavy atom. The molecule has 0 bridgehead atoms. The summed E-state index contributed by atoms with van der Waals surface area (Å²) >= 11 is 1.69. The summed E-state index contributed by atoms with van der Waals surface area (Å²) in [5, 5.41) is 3.94. The van der Waals surface area contributed by atoms with Crippen molar-refractivity contribution in [2.75, 3.05) is 25.2 Å². The predicted octanol–water partition coefficient (Wildman–Crippen LogP) is 4.00. The Bertz CT molecular complexity index is 1110. The van der Waals surface area contributed by atoms with Gasteiger partial charge in [-0.25, -0.2) is 4.98 Å². The zero-order chi connectivity index (χ0) is 20.7. The van der Waals surface area contributed by atoms with Gasteiger partial charge in [0.1, 0.15) is 5.01 Å². The SMILES string of the molecule is CC(=O)c1cc2c(cc1NC(=O)CN1CCC[C@H]1c1nc3ccccc3s1)OCO2. The molecule has 5 rings (SSSR count). The Morgan fingerprint density at radius 3 is 2.83 bits per heavy atom. The van der Waals surface area contributed by atoms with E-state index in [0.717, 1.165) is 34.6 Å². The van der Waals surface area contributed by atoms with E-state index in [2.05, 4.69) is 16.3 Å². The van der Waals surface area contributed by atoms with Crippen LogP contribution >= 0.6 is 11.3 Å². The molecule has 3 heterocycles. The van der Waals surface area contributed by atoms with Crippen LogP contribution in [0.5, 0.6) is 11.5 Å². The van der Waals surface area contributed by atoms with Crippen LogP contribution in [0.3, 0.4) is 0 Å². The minimum absolute atomic E-state index is 0.113. The van der Waals surface area contributed by atoms with Gasteiger partial charge >= 0.3 is 0 Å². The van der Waals surface area contributed by atoms with E-state index in [1.807, 2.05) is 18.2 Å². The highest BCUT2D eigenvalue weighted by molar-refractivity contribution is 7.18. The molecule has 8 heteroatoms. The highest BCUT2D eigenvalue weighted by Crippen LogP contribution is 2.38. The van der Waals surface area contributed by atoms with Crippen molar-refractivity contribution in [1.82, 2.24) is 9.88 Å². The molecule has 1 aromatic heterocycles. The molecular formula is C22H21N3O4S. The Kier molecular flexibility index (Phi) is 4.88. The molecule has 1 saturated heterocycles. The quantitative estimate of drug-likeness (QED) is 0.625. The standard InChI is InChI=1S/C22H21N3O4S/c1-13(26)14-9-18-19(29-12-28-18)10-16(14)23-21(27)11-25-8-4-6-17(25)22-24-15-5-2-3-7-20(15)30-22/h2-3,5,7,9-10,17H,4,6,8,11-12H2,1H3,(H,23,27)/t17-/m0/s1. The first-order valence-corrected chi connectivity index (χ1v) is 10.7. The van der Waals surface area contributed by atoms with Gasteiger partial charge in [-0.3, -0.25) is 14.5 Å². The molecule has 0 saturated carbocycles. The van der Waals surface area contributed by atoms with Crippen molar-refractivity contribution in [2.45, 2.75) is 25.8 Å². The molecular weight excluding hydrogens is 402 g/mol. The Morgan fingerprint density at radius 1 is 1.23 bits per heavy atom. The number of carbonyl (C=O) groups excluding carboxylic acids is 2. The number of hydrogen-bond acceptors (Lipinski definition) is 7. The maximum atomic E-state index is 12.8. The Hall–Kier alpha value is -2.97. The molecule has 1 N–H and O–H groups in total. The van der Waals surface area contributed by atoms with Crippen LogP contribution in [-0.2, 0) is 4.79 Å². The first-order valence-electron chi connectivity index (χ1n) is 9.92. The number of carbonyl (C=O) groups is 2. The van der Waals surface area contributed by atoms with Crippen LogP contribution in [0.25, 0.3) is 10.2 Å². The summed E-state index contributed by atoms with van der Waals surface area (Å²) in [7, 11) is 0. The summed E-state index contributed by atoms with van der Waals surface area (Å²) in [5.74, 6) is 0.749. The molecule has 1 atom stereocenters. The molecule has 0 unspecified atom stereocenters. The fraction of sp³-hybridized carbons (Fsp3) is 0.318. The van der Waals surface area contributed by atoms with Crippen LogP contribution in [0.2, 0.25) is 0 Å². The van der Waals surface area contributed by atoms with E-state index in [4.69, 9.17) is 14.5 Å². The largest absolute Gasteiger partial charge is 0.454 e. The van der Waals surface area contributed by atoms with Crippen molar-refractivity contribution in [1.29, 1.82) is 0 Å². The van der Waals surface area contributed by atoms with Crippen LogP contribution < -0.4 is 14.8 Å². The maximum Gasteiger partial charge on any atom is 0.238 e. The van der Waals surface area contributed by atoms with Crippen molar-refractivity contribution in [3.8, 4) is 11.5 Å². The third kappa shape index (κ3) is 3.53. The monoisotopic (exact) mass is 423 g/mol. The smallest absolute Gasteiger partial charge is 0.238 e. The van der Waals surface area contributed by atoms with Gasteiger partial charge in [0, 0.05) is 11.6 Å². The van der Waals surface area contributed by atoms with Gasteiger partial charge < -0.3 is 14.8 Å². The number of benzene rings is 2. The second-order valence-electron chi connectivity index (χ2n) is 7.50. The molecule has 3 aromatic rings. The molecule has 0 aliphatic carbocycles. The number of anilines is 1. The van der Waals surface area contributed by atoms with Gasteiger partial charge in [-0.15, -0.1) is 11.3 Å². The van der Waals surface area contributed by atoms with Crippen LogP contribution in [0.15, 0.2) is 36.4 Å². The van der Waals surface area contributed by atoms with Crippen molar-refractivity contribution < 1.29 is 19.1 Å². The fourth-order valence-electron chi connectivity index (χ4n) is 4.04. The van der Waals surface area contributed by atoms with E-state index in [0.29, 0.717) is 22.7 Å². The average Bonchev–Trinajstić information content (AvgIpc) is 3.45. The molecule has 7 nitrogen and oxygen atoms in total. The number of fused-ring (bicyclic) bond motifs is 2. The molecule has 2 aliphatic rings. The first-order chi connectivity index (χ1) is 14.6. The second-order valence-corrected chi connectivity index (χ2v) is 8.57. The number of Topliss-reactive ketones (excluding diaryl/α,β-unsaturated/α-hetero) is 1. The lowest BCUT2D eigenvalue weighted by molar-refractivity contribution is -0.117. The number of rotatable bonds is 5. The number of para-hydroxylation sites is 1. The number of aromatic nitrogens is 1. The van der Waals surface area contributed by atoms with Gasteiger partial charge in [-0.2, -0.15) is 0 Å². The molecule has 0 radical (unpaired) electrons. The number of ether oxygens (including phenoxy) is 2. The number of thiazole rings is 1. The lowest BCUT2D eigenvalue weighted by atomic mass is 10.1. The number of nitrogens with zero attached hydrogens (tertiary/aromatic N) is 2. The van der Waals surface area contributed by atoms with E-state index in [1.54, 1.807) is 23.5 Å². The van der Waals surface area contributed by atoms with E-state index in [1.165, 1.54) is 6.92 Å². The van der Waals surface area contributed by atoms with Gasteiger partial charge in [0.25, 0.3) is 0 Å². The predicted molar refractivity (Wildman–Crippen MR) is 114 cm³/mol. The second kappa shape index (κ2) is 7.70. The molecule has 30 heavy (non-hydrogen) atoms. The minimum Gasteiger partial charge on any atom is -0.454 e. The highest BCUT2D eigenvalue weighted by atomic mass is 32.1.